The molecule has 0 saturated heterocycles. The van der Waals surface area contributed by atoms with Crippen LogP contribution in [0, 0.1) is 0 Å². The third-order valence-electron chi connectivity index (χ3n) is 3.23. The predicted molar refractivity (Wildman–Crippen MR) is 64.8 cm³/mol. The summed E-state index contributed by atoms with van der Waals surface area (Å²) in [7, 11) is 0. The van der Waals surface area contributed by atoms with E-state index < -0.39 is 0 Å². The molecule has 17 heavy (non-hydrogen) atoms. The molecule has 3 N–H and O–H groups in total. The number of aromatic nitrogens is 2. The fourth-order valence-electron chi connectivity index (χ4n) is 2.44. The van der Waals surface area contributed by atoms with Gasteiger partial charge < -0.3 is 15.4 Å². The maximum atomic E-state index is 9.93. The number of hydrogen-bond donors (Lipinski definition) is 3. The first-order valence-corrected chi connectivity index (χ1v) is 5.82. The third kappa shape index (κ3) is 1.70. The van der Waals surface area contributed by atoms with Crippen LogP contribution in [0.5, 0.6) is 5.75 Å². The molecule has 0 unspecified atom stereocenters. The van der Waals surface area contributed by atoms with Gasteiger partial charge >= 0.3 is 0 Å². The Bertz CT molecular complexity index is 535. The van der Waals surface area contributed by atoms with E-state index in [1.807, 2.05) is 18.2 Å². The Morgan fingerprint density at radius 1 is 1.35 bits per heavy atom. The minimum atomic E-state index is -0.0267. The number of benzene rings is 1. The van der Waals surface area contributed by atoms with E-state index in [1.54, 1.807) is 12.4 Å². The normalized spacial score (nSPS) is 23.4. The van der Waals surface area contributed by atoms with Gasteiger partial charge in [-0.05, 0) is 13.0 Å². The van der Waals surface area contributed by atoms with Crippen LogP contribution < -0.4 is 5.32 Å². The first-order valence-electron chi connectivity index (χ1n) is 5.82. The lowest BCUT2D eigenvalue weighted by molar-refractivity contribution is 0.423. The Kier molecular flexibility index (Phi) is 2.37. The second-order valence-electron chi connectivity index (χ2n) is 4.53. The van der Waals surface area contributed by atoms with Crippen molar-refractivity contribution in [3.05, 3.63) is 47.5 Å². The quantitative estimate of drug-likeness (QED) is 0.698. The standard InChI is InChI=1S/C13H15N3O/c1-8-6-10-13(15-7-14-10)12(16-8)9-4-2-3-5-11(9)17/h2-5,7-8,12,16-17H,6H2,1H3,(H,14,15)/t8-,12+/m1/s1. The summed E-state index contributed by atoms with van der Waals surface area (Å²) >= 11 is 0. The second-order valence-corrected chi connectivity index (χ2v) is 4.53. The zero-order chi connectivity index (χ0) is 11.8. The fraction of sp³-hybridized carbons (Fsp3) is 0.308. The molecule has 0 saturated carbocycles. The number of aromatic amines is 1. The monoisotopic (exact) mass is 229 g/mol. The number of phenols is 1. The highest BCUT2D eigenvalue weighted by Crippen LogP contribution is 2.32. The Balaban J connectivity index is 2.08. The van der Waals surface area contributed by atoms with Gasteiger partial charge in [0, 0.05) is 23.7 Å². The van der Waals surface area contributed by atoms with Crippen LogP contribution in [-0.4, -0.2) is 21.1 Å². The zero-order valence-electron chi connectivity index (χ0n) is 9.64. The lowest BCUT2D eigenvalue weighted by Gasteiger charge is -2.28. The Morgan fingerprint density at radius 3 is 3.00 bits per heavy atom. The third-order valence-corrected chi connectivity index (χ3v) is 3.23. The van der Waals surface area contributed by atoms with Crippen molar-refractivity contribution in [1.82, 2.24) is 15.3 Å². The van der Waals surface area contributed by atoms with E-state index in [4.69, 9.17) is 0 Å². The minimum absolute atomic E-state index is 0.0267. The summed E-state index contributed by atoms with van der Waals surface area (Å²) in [5.74, 6) is 0.313. The van der Waals surface area contributed by atoms with Crippen molar-refractivity contribution in [1.29, 1.82) is 0 Å². The maximum absolute atomic E-state index is 9.93. The summed E-state index contributed by atoms with van der Waals surface area (Å²) in [5.41, 5.74) is 3.03. The van der Waals surface area contributed by atoms with Crippen molar-refractivity contribution >= 4 is 0 Å². The highest BCUT2D eigenvalue weighted by molar-refractivity contribution is 5.41. The summed E-state index contributed by atoms with van der Waals surface area (Å²) in [6.07, 6.45) is 2.66. The lowest BCUT2D eigenvalue weighted by atomic mass is 9.94. The summed E-state index contributed by atoms with van der Waals surface area (Å²) in [6, 6.07) is 7.75. The van der Waals surface area contributed by atoms with Crippen molar-refractivity contribution < 1.29 is 5.11 Å². The van der Waals surface area contributed by atoms with E-state index in [1.165, 1.54) is 0 Å². The predicted octanol–water partition coefficient (Wildman–Crippen LogP) is 1.74. The molecular weight excluding hydrogens is 214 g/mol. The first-order chi connectivity index (χ1) is 8.25. The van der Waals surface area contributed by atoms with Crippen molar-refractivity contribution in [2.75, 3.05) is 0 Å². The number of H-pyrrole nitrogens is 1. The molecular formula is C13H15N3O. The summed E-state index contributed by atoms with van der Waals surface area (Å²) < 4.78 is 0. The average Bonchev–Trinajstić information content (AvgIpc) is 2.76. The van der Waals surface area contributed by atoms with E-state index in [-0.39, 0.29) is 6.04 Å². The topological polar surface area (TPSA) is 60.9 Å². The van der Waals surface area contributed by atoms with Gasteiger partial charge in [-0.25, -0.2) is 4.98 Å². The SMILES string of the molecule is C[C@@H]1Cc2[nH]cnc2[C@H](c2ccccc2O)N1. The number of nitrogens with zero attached hydrogens (tertiary/aromatic N) is 1. The van der Waals surface area contributed by atoms with Crippen LogP contribution in [0.4, 0.5) is 0 Å². The molecule has 0 bridgehead atoms. The molecule has 0 fully saturated rings. The van der Waals surface area contributed by atoms with Crippen molar-refractivity contribution in [2.24, 2.45) is 0 Å². The number of fused-ring (bicyclic) bond motifs is 1. The number of para-hydroxylation sites is 1. The second kappa shape index (κ2) is 3.89. The van der Waals surface area contributed by atoms with Crippen molar-refractivity contribution in [2.45, 2.75) is 25.4 Å². The zero-order valence-corrected chi connectivity index (χ0v) is 9.64. The molecule has 1 aromatic heterocycles. The molecule has 1 aromatic carbocycles. The van der Waals surface area contributed by atoms with Gasteiger partial charge in [0.25, 0.3) is 0 Å². The largest absolute Gasteiger partial charge is 0.508 e. The molecule has 0 spiro atoms. The van der Waals surface area contributed by atoms with Gasteiger partial charge in [-0.15, -0.1) is 0 Å². The van der Waals surface area contributed by atoms with Crippen LogP contribution in [0.25, 0.3) is 0 Å². The summed E-state index contributed by atoms with van der Waals surface area (Å²) in [6.45, 7) is 2.14. The minimum Gasteiger partial charge on any atom is -0.508 e. The molecule has 1 aliphatic rings. The van der Waals surface area contributed by atoms with Crippen LogP contribution in [0.2, 0.25) is 0 Å². The highest BCUT2D eigenvalue weighted by Gasteiger charge is 2.28. The summed E-state index contributed by atoms with van der Waals surface area (Å²) in [4.78, 5) is 7.54. The van der Waals surface area contributed by atoms with Crippen LogP contribution in [0.3, 0.4) is 0 Å². The number of hydrogen-bond acceptors (Lipinski definition) is 3. The molecule has 0 amide bonds. The van der Waals surface area contributed by atoms with Crippen LogP contribution in [0.1, 0.15) is 29.9 Å². The molecule has 3 rings (SSSR count). The average molecular weight is 229 g/mol. The summed E-state index contributed by atoms with van der Waals surface area (Å²) in [5, 5.41) is 13.4. The number of aromatic hydroxyl groups is 1. The van der Waals surface area contributed by atoms with Gasteiger partial charge in [0.05, 0.1) is 18.1 Å². The van der Waals surface area contributed by atoms with E-state index in [0.717, 1.165) is 23.4 Å². The van der Waals surface area contributed by atoms with Crippen LogP contribution >= 0.6 is 0 Å². The van der Waals surface area contributed by atoms with Gasteiger partial charge in [-0.1, -0.05) is 18.2 Å². The van der Waals surface area contributed by atoms with E-state index in [9.17, 15) is 5.11 Å². The molecule has 2 atom stereocenters. The number of rotatable bonds is 1. The molecule has 88 valence electrons. The Hall–Kier alpha value is -1.81. The van der Waals surface area contributed by atoms with Gasteiger partial charge in [-0.2, -0.15) is 0 Å². The highest BCUT2D eigenvalue weighted by atomic mass is 16.3. The molecule has 4 nitrogen and oxygen atoms in total. The van der Waals surface area contributed by atoms with E-state index in [0.29, 0.717) is 11.8 Å². The van der Waals surface area contributed by atoms with E-state index >= 15 is 0 Å². The first kappa shape index (κ1) is 10.4. The van der Waals surface area contributed by atoms with Gasteiger partial charge in [0.1, 0.15) is 5.75 Å². The smallest absolute Gasteiger partial charge is 0.120 e. The number of phenolic OH excluding ortho intramolecular Hbond substituents is 1. The van der Waals surface area contributed by atoms with Gasteiger partial charge in [0.2, 0.25) is 0 Å². The molecule has 0 aliphatic carbocycles. The molecule has 0 radical (unpaired) electrons. The van der Waals surface area contributed by atoms with Crippen LogP contribution in [-0.2, 0) is 6.42 Å². The van der Waals surface area contributed by atoms with Crippen molar-refractivity contribution in [3.63, 3.8) is 0 Å². The lowest BCUT2D eigenvalue weighted by Crippen LogP contribution is -2.38. The molecule has 1 aliphatic heterocycles. The number of nitrogens with one attached hydrogen (secondary N) is 2. The maximum Gasteiger partial charge on any atom is 0.120 e. The fourth-order valence-corrected chi connectivity index (χ4v) is 2.44. The van der Waals surface area contributed by atoms with Crippen LogP contribution in [0.15, 0.2) is 30.6 Å². The Labute approximate surface area is 99.7 Å². The van der Waals surface area contributed by atoms with Gasteiger partial charge in [-0.3, -0.25) is 0 Å². The Morgan fingerprint density at radius 2 is 2.18 bits per heavy atom. The van der Waals surface area contributed by atoms with Crippen molar-refractivity contribution in [3.8, 4) is 5.75 Å². The number of imidazole rings is 1. The molecule has 2 heterocycles. The molecule has 4 heteroatoms. The molecule has 2 aromatic rings. The van der Waals surface area contributed by atoms with E-state index in [2.05, 4.69) is 22.2 Å². The van der Waals surface area contributed by atoms with Gasteiger partial charge in [0.15, 0.2) is 0 Å².